The highest BCUT2D eigenvalue weighted by Gasteiger charge is 2.18. The summed E-state index contributed by atoms with van der Waals surface area (Å²) in [5.74, 6) is 0.980. The van der Waals surface area contributed by atoms with Crippen LogP contribution < -0.4 is 5.32 Å². The fraction of sp³-hybridized carbons (Fsp3) is 0.278. The molecule has 21 heavy (non-hydrogen) atoms. The highest BCUT2D eigenvalue weighted by molar-refractivity contribution is 5.80. The lowest BCUT2D eigenvalue weighted by atomic mass is 10.0. The second-order valence-electron chi connectivity index (χ2n) is 5.33. The second-order valence-corrected chi connectivity index (χ2v) is 5.33. The first-order chi connectivity index (χ1) is 10.4. The predicted molar refractivity (Wildman–Crippen MR) is 87.2 cm³/mol. The Morgan fingerprint density at radius 2 is 1.76 bits per heavy atom. The molecule has 2 aromatic carbocycles. The summed E-state index contributed by atoms with van der Waals surface area (Å²) in [6, 6.07) is 19.1. The minimum Gasteiger partial charge on any atom is -0.352 e. The van der Waals surface area contributed by atoms with E-state index in [1.54, 1.807) is 0 Å². The van der Waals surface area contributed by atoms with Crippen molar-refractivity contribution in [1.82, 2.24) is 10.2 Å². The summed E-state index contributed by atoms with van der Waals surface area (Å²) in [7, 11) is 1.85. The van der Waals surface area contributed by atoms with E-state index in [9.17, 15) is 0 Å². The molecule has 3 nitrogen and oxygen atoms in total. The van der Waals surface area contributed by atoms with Gasteiger partial charge < -0.3 is 10.2 Å². The largest absolute Gasteiger partial charge is 0.352 e. The maximum absolute atomic E-state index is 4.43. The summed E-state index contributed by atoms with van der Waals surface area (Å²) in [6.07, 6.45) is 1.09. The van der Waals surface area contributed by atoms with Crippen LogP contribution in [0, 0.1) is 0 Å². The van der Waals surface area contributed by atoms with Crippen LogP contribution in [0.15, 0.2) is 59.6 Å². The summed E-state index contributed by atoms with van der Waals surface area (Å²) < 4.78 is 0. The number of nitrogens with zero attached hydrogens (tertiary/aromatic N) is 2. The Labute approximate surface area is 126 Å². The number of fused-ring (bicyclic) bond motifs is 1. The topological polar surface area (TPSA) is 27.6 Å². The Kier molecular flexibility index (Phi) is 4.20. The monoisotopic (exact) mass is 279 g/mol. The van der Waals surface area contributed by atoms with Crippen molar-refractivity contribution in [3.8, 4) is 0 Å². The van der Waals surface area contributed by atoms with Gasteiger partial charge in [-0.1, -0.05) is 54.6 Å². The molecule has 1 aliphatic rings. The fourth-order valence-corrected chi connectivity index (χ4v) is 2.79. The summed E-state index contributed by atoms with van der Waals surface area (Å²) in [4.78, 5) is 6.76. The lowest BCUT2D eigenvalue weighted by Gasteiger charge is -2.31. The predicted octanol–water partition coefficient (Wildman–Crippen LogP) is 2.82. The molecule has 1 aliphatic heterocycles. The van der Waals surface area contributed by atoms with Crippen molar-refractivity contribution in [3.63, 3.8) is 0 Å². The second kappa shape index (κ2) is 6.44. The van der Waals surface area contributed by atoms with Crippen LogP contribution in [0.4, 0.5) is 0 Å². The molecule has 0 amide bonds. The van der Waals surface area contributed by atoms with E-state index >= 15 is 0 Å². The molecule has 0 unspecified atom stereocenters. The Morgan fingerprint density at radius 3 is 2.52 bits per heavy atom. The van der Waals surface area contributed by atoms with Gasteiger partial charge in [-0.3, -0.25) is 4.99 Å². The van der Waals surface area contributed by atoms with E-state index in [0.29, 0.717) is 0 Å². The van der Waals surface area contributed by atoms with E-state index in [4.69, 9.17) is 0 Å². The molecule has 0 bridgehead atoms. The van der Waals surface area contributed by atoms with Gasteiger partial charge in [-0.2, -0.15) is 0 Å². The summed E-state index contributed by atoms with van der Waals surface area (Å²) in [5, 5.41) is 3.46. The third-order valence-electron chi connectivity index (χ3n) is 3.94. The zero-order valence-corrected chi connectivity index (χ0v) is 12.4. The first kappa shape index (κ1) is 13.7. The minimum absolute atomic E-state index is 0.811. The SMILES string of the molecule is CN=C(NCc1ccccc1)N1CCc2ccccc2C1. The molecule has 3 heteroatoms. The van der Waals surface area contributed by atoms with Gasteiger partial charge in [-0.05, 0) is 23.1 Å². The van der Waals surface area contributed by atoms with Gasteiger partial charge in [0.05, 0.1) is 0 Å². The molecule has 0 atom stereocenters. The molecular formula is C18H21N3. The maximum atomic E-state index is 4.43. The van der Waals surface area contributed by atoms with Crippen molar-refractivity contribution >= 4 is 5.96 Å². The highest BCUT2D eigenvalue weighted by atomic mass is 15.3. The normalized spacial score (nSPS) is 14.7. The van der Waals surface area contributed by atoms with E-state index in [1.165, 1.54) is 16.7 Å². The zero-order chi connectivity index (χ0) is 14.5. The fourth-order valence-electron chi connectivity index (χ4n) is 2.79. The van der Waals surface area contributed by atoms with Gasteiger partial charge in [0.1, 0.15) is 0 Å². The van der Waals surface area contributed by atoms with Crippen molar-refractivity contribution in [3.05, 3.63) is 71.3 Å². The Hall–Kier alpha value is -2.29. The minimum atomic E-state index is 0.811. The Balaban J connectivity index is 1.65. The zero-order valence-electron chi connectivity index (χ0n) is 12.4. The van der Waals surface area contributed by atoms with Crippen LogP contribution in [-0.4, -0.2) is 24.5 Å². The lowest BCUT2D eigenvalue weighted by molar-refractivity contribution is 0.378. The van der Waals surface area contributed by atoms with Crippen molar-refractivity contribution < 1.29 is 0 Å². The van der Waals surface area contributed by atoms with Crippen molar-refractivity contribution in [2.24, 2.45) is 4.99 Å². The number of guanidine groups is 1. The number of hydrogen-bond donors (Lipinski definition) is 1. The number of nitrogens with one attached hydrogen (secondary N) is 1. The molecule has 0 fully saturated rings. The number of aliphatic imine (C=N–C) groups is 1. The van der Waals surface area contributed by atoms with E-state index in [2.05, 4.69) is 63.7 Å². The van der Waals surface area contributed by atoms with Gasteiger partial charge in [0, 0.05) is 26.7 Å². The molecule has 108 valence electrons. The average Bonchev–Trinajstić information content (AvgIpc) is 2.56. The van der Waals surface area contributed by atoms with Crippen molar-refractivity contribution in [2.45, 2.75) is 19.5 Å². The summed E-state index contributed by atoms with van der Waals surface area (Å²) in [6.45, 7) is 2.77. The van der Waals surface area contributed by atoms with Crippen molar-refractivity contribution in [2.75, 3.05) is 13.6 Å². The smallest absolute Gasteiger partial charge is 0.194 e. The van der Waals surface area contributed by atoms with Crippen LogP contribution in [0.2, 0.25) is 0 Å². The molecule has 0 saturated carbocycles. The van der Waals surface area contributed by atoms with Crippen molar-refractivity contribution in [1.29, 1.82) is 0 Å². The van der Waals surface area contributed by atoms with E-state index in [-0.39, 0.29) is 0 Å². The molecule has 0 saturated heterocycles. The number of hydrogen-bond acceptors (Lipinski definition) is 1. The van der Waals surface area contributed by atoms with Crippen LogP contribution >= 0.6 is 0 Å². The van der Waals surface area contributed by atoms with Crippen LogP contribution in [0.25, 0.3) is 0 Å². The standard InChI is InChI=1S/C18H21N3/c1-19-18(20-13-15-7-3-2-4-8-15)21-12-11-16-9-5-6-10-17(16)14-21/h2-10H,11-14H2,1H3,(H,19,20). The molecule has 1 N–H and O–H groups in total. The molecule has 0 spiro atoms. The van der Waals surface area contributed by atoms with Gasteiger partial charge in [-0.15, -0.1) is 0 Å². The molecule has 3 rings (SSSR count). The summed E-state index contributed by atoms with van der Waals surface area (Å²) >= 11 is 0. The maximum Gasteiger partial charge on any atom is 0.194 e. The van der Waals surface area contributed by atoms with Gasteiger partial charge in [-0.25, -0.2) is 0 Å². The third kappa shape index (κ3) is 3.24. The average molecular weight is 279 g/mol. The number of rotatable bonds is 2. The van der Waals surface area contributed by atoms with Crippen LogP contribution in [0.1, 0.15) is 16.7 Å². The molecule has 0 radical (unpaired) electrons. The van der Waals surface area contributed by atoms with Crippen LogP contribution in [0.5, 0.6) is 0 Å². The summed E-state index contributed by atoms with van der Waals surface area (Å²) in [5.41, 5.74) is 4.15. The van der Waals surface area contributed by atoms with E-state index in [0.717, 1.165) is 32.0 Å². The molecule has 1 heterocycles. The first-order valence-corrected chi connectivity index (χ1v) is 7.43. The quantitative estimate of drug-likeness (QED) is 0.676. The lowest BCUT2D eigenvalue weighted by Crippen LogP contribution is -2.43. The van der Waals surface area contributed by atoms with E-state index < -0.39 is 0 Å². The van der Waals surface area contributed by atoms with Gasteiger partial charge in [0.15, 0.2) is 5.96 Å². The van der Waals surface area contributed by atoms with Crippen LogP contribution in [0.3, 0.4) is 0 Å². The molecule has 0 aromatic heterocycles. The van der Waals surface area contributed by atoms with Gasteiger partial charge >= 0.3 is 0 Å². The first-order valence-electron chi connectivity index (χ1n) is 7.43. The molecule has 2 aromatic rings. The van der Waals surface area contributed by atoms with Crippen LogP contribution in [-0.2, 0) is 19.5 Å². The molecule has 0 aliphatic carbocycles. The van der Waals surface area contributed by atoms with Gasteiger partial charge in [0.2, 0.25) is 0 Å². The van der Waals surface area contributed by atoms with E-state index in [1.807, 2.05) is 13.1 Å². The third-order valence-corrected chi connectivity index (χ3v) is 3.94. The van der Waals surface area contributed by atoms with Gasteiger partial charge in [0.25, 0.3) is 0 Å². The number of benzene rings is 2. The Morgan fingerprint density at radius 1 is 1.05 bits per heavy atom. The molecular weight excluding hydrogens is 258 g/mol. The highest BCUT2D eigenvalue weighted by Crippen LogP contribution is 2.18. The Bertz CT molecular complexity index is 619.